The van der Waals surface area contributed by atoms with E-state index in [-0.39, 0.29) is 23.4 Å². The lowest BCUT2D eigenvalue weighted by Gasteiger charge is -2.16. The molecule has 1 aromatic heterocycles. The SMILES string of the molecule is COC[C@H](C)NC(=S)NNC(=O)CNC(=O)c1cc(Cl)ccn1. The molecule has 1 atom stereocenters. The first-order valence-electron chi connectivity index (χ1n) is 6.66. The Morgan fingerprint density at radius 3 is 2.83 bits per heavy atom. The van der Waals surface area contributed by atoms with Crippen LogP contribution in [-0.2, 0) is 9.53 Å². The molecule has 0 unspecified atom stereocenters. The van der Waals surface area contributed by atoms with Crippen molar-refractivity contribution in [2.45, 2.75) is 13.0 Å². The molecule has 0 radical (unpaired) electrons. The molecule has 10 heteroatoms. The van der Waals surface area contributed by atoms with Gasteiger partial charge >= 0.3 is 0 Å². The average molecular weight is 360 g/mol. The summed E-state index contributed by atoms with van der Waals surface area (Å²) in [5.41, 5.74) is 5.00. The fraction of sp³-hybridized carbons (Fsp3) is 0.385. The third-order valence-corrected chi connectivity index (χ3v) is 2.93. The lowest BCUT2D eigenvalue weighted by Crippen LogP contribution is -2.52. The Morgan fingerprint density at radius 1 is 1.43 bits per heavy atom. The third kappa shape index (κ3) is 7.73. The van der Waals surface area contributed by atoms with Gasteiger partial charge in [0.1, 0.15) is 5.69 Å². The van der Waals surface area contributed by atoms with E-state index in [4.69, 9.17) is 28.6 Å². The first-order chi connectivity index (χ1) is 10.9. The van der Waals surface area contributed by atoms with Crippen LogP contribution in [0.2, 0.25) is 5.02 Å². The zero-order valence-corrected chi connectivity index (χ0v) is 14.3. The summed E-state index contributed by atoms with van der Waals surface area (Å²) in [4.78, 5) is 27.2. The Morgan fingerprint density at radius 2 is 2.17 bits per heavy atom. The van der Waals surface area contributed by atoms with Crippen LogP contribution in [0.3, 0.4) is 0 Å². The molecule has 0 spiro atoms. The van der Waals surface area contributed by atoms with Gasteiger partial charge in [0, 0.05) is 24.4 Å². The molecule has 0 aromatic carbocycles. The highest BCUT2D eigenvalue weighted by atomic mass is 35.5. The highest BCUT2D eigenvalue weighted by Gasteiger charge is 2.10. The van der Waals surface area contributed by atoms with E-state index in [0.29, 0.717) is 11.6 Å². The fourth-order valence-corrected chi connectivity index (χ4v) is 1.91. The van der Waals surface area contributed by atoms with Gasteiger partial charge in [-0.05, 0) is 31.3 Å². The largest absolute Gasteiger partial charge is 0.383 e. The van der Waals surface area contributed by atoms with E-state index in [2.05, 4.69) is 26.5 Å². The van der Waals surface area contributed by atoms with Gasteiger partial charge in [0.25, 0.3) is 11.8 Å². The van der Waals surface area contributed by atoms with Gasteiger partial charge in [0.2, 0.25) is 0 Å². The highest BCUT2D eigenvalue weighted by Crippen LogP contribution is 2.07. The molecule has 0 saturated carbocycles. The van der Waals surface area contributed by atoms with Crippen LogP contribution in [-0.4, -0.2) is 48.2 Å². The van der Waals surface area contributed by atoms with Crippen molar-refractivity contribution in [1.29, 1.82) is 0 Å². The third-order valence-electron chi connectivity index (χ3n) is 2.47. The van der Waals surface area contributed by atoms with Crippen molar-refractivity contribution in [2.24, 2.45) is 0 Å². The number of ether oxygens (including phenoxy) is 1. The second-order valence-electron chi connectivity index (χ2n) is 4.55. The van der Waals surface area contributed by atoms with Crippen LogP contribution in [0.4, 0.5) is 0 Å². The first-order valence-corrected chi connectivity index (χ1v) is 7.45. The van der Waals surface area contributed by atoms with Crippen LogP contribution < -0.4 is 21.5 Å². The number of hydrogen-bond acceptors (Lipinski definition) is 5. The normalized spacial score (nSPS) is 11.3. The Kier molecular flexibility index (Phi) is 8.23. The molecule has 1 heterocycles. The Hall–Kier alpha value is -1.97. The second-order valence-corrected chi connectivity index (χ2v) is 5.39. The quantitative estimate of drug-likeness (QED) is 0.418. The highest BCUT2D eigenvalue weighted by molar-refractivity contribution is 7.80. The van der Waals surface area contributed by atoms with Gasteiger partial charge in [-0.15, -0.1) is 0 Å². The van der Waals surface area contributed by atoms with E-state index in [1.807, 2.05) is 6.92 Å². The molecule has 0 bridgehead atoms. The van der Waals surface area contributed by atoms with E-state index in [0.717, 1.165) is 0 Å². The molecule has 1 rings (SSSR count). The Balaban J connectivity index is 2.29. The minimum absolute atomic E-state index is 0.00879. The molecule has 0 fully saturated rings. The molecule has 23 heavy (non-hydrogen) atoms. The van der Waals surface area contributed by atoms with Gasteiger partial charge in [-0.2, -0.15) is 0 Å². The van der Waals surface area contributed by atoms with Crippen molar-refractivity contribution in [3.63, 3.8) is 0 Å². The number of hydrazine groups is 1. The number of nitrogens with one attached hydrogen (secondary N) is 4. The lowest BCUT2D eigenvalue weighted by atomic mass is 10.3. The number of carbonyl (C=O) groups excluding carboxylic acids is 2. The van der Waals surface area contributed by atoms with Gasteiger partial charge in [0.05, 0.1) is 13.2 Å². The van der Waals surface area contributed by atoms with Crippen molar-refractivity contribution >= 4 is 40.7 Å². The minimum atomic E-state index is -0.503. The van der Waals surface area contributed by atoms with Gasteiger partial charge < -0.3 is 15.4 Å². The molecule has 1 aromatic rings. The van der Waals surface area contributed by atoms with Crippen molar-refractivity contribution in [2.75, 3.05) is 20.3 Å². The number of aromatic nitrogens is 1. The minimum Gasteiger partial charge on any atom is -0.383 e. The van der Waals surface area contributed by atoms with E-state index in [9.17, 15) is 9.59 Å². The summed E-state index contributed by atoms with van der Waals surface area (Å²) in [7, 11) is 1.58. The Labute approximate surface area is 144 Å². The average Bonchev–Trinajstić information content (AvgIpc) is 2.50. The van der Waals surface area contributed by atoms with E-state index in [1.165, 1.54) is 12.3 Å². The molecule has 2 amide bonds. The van der Waals surface area contributed by atoms with Crippen molar-refractivity contribution in [3.05, 3.63) is 29.0 Å². The van der Waals surface area contributed by atoms with Crippen LogP contribution in [0, 0.1) is 0 Å². The molecule has 8 nitrogen and oxygen atoms in total. The summed E-state index contributed by atoms with van der Waals surface area (Å²) in [6.07, 6.45) is 1.41. The van der Waals surface area contributed by atoms with E-state index >= 15 is 0 Å². The number of carbonyl (C=O) groups is 2. The summed E-state index contributed by atoms with van der Waals surface area (Å²) in [6, 6.07) is 2.95. The second kappa shape index (κ2) is 9.93. The maximum atomic E-state index is 11.8. The molecule has 0 saturated heterocycles. The summed E-state index contributed by atoms with van der Waals surface area (Å²) < 4.78 is 4.95. The smallest absolute Gasteiger partial charge is 0.270 e. The molecular weight excluding hydrogens is 342 g/mol. The Bertz CT molecular complexity index is 572. The number of pyridine rings is 1. The van der Waals surface area contributed by atoms with Crippen LogP contribution in [0.15, 0.2) is 18.3 Å². The molecule has 0 aliphatic heterocycles. The predicted molar refractivity (Wildman–Crippen MR) is 89.9 cm³/mol. The number of methoxy groups -OCH3 is 1. The van der Waals surface area contributed by atoms with Gasteiger partial charge in [0.15, 0.2) is 5.11 Å². The van der Waals surface area contributed by atoms with Gasteiger partial charge in [-0.1, -0.05) is 11.6 Å². The molecular formula is C13H18ClN5O3S. The standard InChI is InChI=1S/C13H18ClN5O3S/c1-8(7-22-2)17-13(23)19-18-11(20)6-16-12(21)10-5-9(14)3-4-15-10/h3-5,8H,6-7H2,1-2H3,(H,16,21)(H,18,20)(H2,17,19,23)/t8-/m0/s1. The number of halogens is 1. The number of nitrogens with zero attached hydrogens (tertiary/aromatic N) is 1. The van der Waals surface area contributed by atoms with Crippen molar-refractivity contribution in [1.82, 2.24) is 26.5 Å². The van der Waals surface area contributed by atoms with Crippen molar-refractivity contribution in [3.8, 4) is 0 Å². The van der Waals surface area contributed by atoms with Crippen LogP contribution in [0.25, 0.3) is 0 Å². The van der Waals surface area contributed by atoms with Crippen molar-refractivity contribution < 1.29 is 14.3 Å². The van der Waals surface area contributed by atoms with Gasteiger partial charge in [-0.3, -0.25) is 25.4 Å². The maximum absolute atomic E-state index is 11.8. The van der Waals surface area contributed by atoms with Crippen LogP contribution in [0.5, 0.6) is 0 Å². The summed E-state index contributed by atoms with van der Waals surface area (Å²) in [5, 5.41) is 5.94. The fourth-order valence-electron chi connectivity index (χ4n) is 1.50. The van der Waals surface area contributed by atoms with Gasteiger partial charge in [-0.25, -0.2) is 0 Å². The van der Waals surface area contributed by atoms with E-state index in [1.54, 1.807) is 13.2 Å². The zero-order chi connectivity index (χ0) is 17.2. The molecule has 0 aliphatic carbocycles. The molecule has 0 aliphatic rings. The maximum Gasteiger partial charge on any atom is 0.270 e. The lowest BCUT2D eigenvalue weighted by molar-refractivity contribution is -0.120. The number of hydrogen-bond donors (Lipinski definition) is 4. The van der Waals surface area contributed by atoms with Crippen LogP contribution in [0.1, 0.15) is 17.4 Å². The summed E-state index contributed by atoms with van der Waals surface area (Å²) in [5.74, 6) is -0.971. The molecule has 126 valence electrons. The number of rotatable bonds is 6. The van der Waals surface area contributed by atoms with Crippen LogP contribution >= 0.6 is 23.8 Å². The monoisotopic (exact) mass is 359 g/mol. The zero-order valence-electron chi connectivity index (χ0n) is 12.7. The molecule has 4 N–H and O–H groups in total. The summed E-state index contributed by atoms with van der Waals surface area (Å²) >= 11 is 10.7. The topological polar surface area (TPSA) is 104 Å². The predicted octanol–water partition coefficient (Wildman–Crippen LogP) is -0.00500. The first kappa shape index (κ1) is 19.1. The summed E-state index contributed by atoms with van der Waals surface area (Å²) in [6.45, 7) is 2.10. The number of thiocarbonyl (C=S) groups is 1. The van der Waals surface area contributed by atoms with E-state index < -0.39 is 11.8 Å². The number of amides is 2.